The molecule has 0 aliphatic heterocycles. The van der Waals surface area contributed by atoms with Crippen molar-refractivity contribution in [2.45, 2.75) is 6.18 Å². The van der Waals surface area contributed by atoms with Crippen molar-refractivity contribution in [2.75, 3.05) is 17.7 Å². The standard InChI is InChI=1S/C18H14ClF3N4O2/c1-28-14-4-2-3-13(9-14)26-16(10-15(25-26)18(20,21)22)24-17(27)23-12-7-5-11(19)6-8-12/h2-10H,1H3,(H2,23,24,27). The van der Waals surface area contributed by atoms with E-state index >= 15 is 0 Å². The average molecular weight is 411 g/mol. The Morgan fingerprint density at radius 1 is 1.11 bits per heavy atom. The first kappa shape index (κ1) is 19.6. The largest absolute Gasteiger partial charge is 0.497 e. The van der Waals surface area contributed by atoms with Crippen LogP contribution in [0, 0.1) is 0 Å². The molecule has 0 fully saturated rings. The van der Waals surface area contributed by atoms with E-state index in [1.165, 1.54) is 19.2 Å². The minimum atomic E-state index is -4.67. The Balaban J connectivity index is 1.91. The van der Waals surface area contributed by atoms with Gasteiger partial charge in [0.1, 0.15) is 11.6 Å². The van der Waals surface area contributed by atoms with Gasteiger partial charge in [0.2, 0.25) is 0 Å². The monoisotopic (exact) mass is 410 g/mol. The van der Waals surface area contributed by atoms with Crippen LogP contribution in [0.3, 0.4) is 0 Å². The zero-order valence-electron chi connectivity index (χ0n) is 14.4. The molecule has 0 aliphatic carbocycles. The fourth-order valence-corrected chi connectivity index (χ4v) is 2.49. The number of nitrogens with zero attached hydrogens (tertiary/aromatic N) is 2. The lowest BCUT2D eigenvalue weighted by Crippen LogP contribution is -2.21. The number of aromatic nitrogens is 2. The fraction of sp³-hybridized carbons (Fsp3) is 0.111. The second-order valence-corrected chi connectivity index (χ2v) is 6.05. The molecule has 0 aliphatic rings. The van der Waals surface area contributed by atoms with Gasteiger partial charge in [0.15, 0.2) is 5.69 Å². The molecule has 2 aromatic carbocycles. The van der Waals surface area contributed by atoms with E-state index in [9.17, 15) is 18.0 Å². The molecule has 0 radical (unpaired) electrons. The quantitative estimate of drug-likeness (QED) is 0.621. The Hall–Kier alpha value is -3.20. The van der Waals surface area contributed by atoms with Crippen molar-refractivity contribution >= 4 is 29.1 Å². The molecule has 1 aromatic heterocycles. The first-order valence-electron chi connectivity index (χ1n) is 7.91. The Morgan fingerprint density at radius 3 is 2.46 bits per heavy atom. The molecule has 1 heterocycles. The highest BCUT2D eigenvalue weighted by Crippen LogP contribution is 2.32. The highest BCUT2D eigenvalue weighted by Gasteiger charge is 2.35. The van der Waals surface area contributed by atoms with Crippen LogP contribution in [-0.4, -0.2) is 22.9 Å². The Labute approximate surface area is 162 Å². The zero-order chi connectivity index (χ0) is 20.3. The summed E-state index contributed by atoms with van der Waals surface area (Å²) in [7, 11) is 1.43. The number of carbonyl (C=O) groups is 1. The topological polar surface area (TPSA) is 68.2 Å². The molecular weight excluding hydrogens is 397 g/mol. The molecule has 2 amide bonds. The van der Waals surface area contributed by atoms with Crippen molar-refractivity contribution in [3.8, 4) is 11.4 Å². The van der Waals surface area contributed by atoms with Crippen LogP contribution >= 0.6 is 11.6 Å². The van der Waals surface area contributed by atoms with Crippen LogP contribution in [0.5, 0.6) is 5.75 Å². The third-order valence-corrected chi connectivity index (χ3v) is 3.89. The molecule has 3 aromatic rings. The number of ether oxygens (including phenoxy) is 1. The Morgan fingerprint density at radius 2 is 1.82 bits per heavy atom. The van der Waals surface area contributed by atoms with Crippen LogP contribution in [0.4, 0.5) is 29.5 Å². The molecule has 146 valence electrons. The van der Waals surface area contributed by atoms with Crippen molar-refractivity contribution in [3.63, 3.8) is 0 Å². The van der Waals surface area contributed by atoms with Crippen LogP contribution in [0.2, 0.25) is 5.02 Å². The molecule has 10 heteroatoms. The molecular formula is C18H14ClF3N4O2. The highest BCUT2D eigenvalue weighted by atomic mass is 35.5. The van der Waals surface area contributed by atoms with Crippen LogP contribution in [0.1, 0.15) is 5.69 Å². The van der Waals surface area contributed by atoms with Crippen LogP contribution < -0.4 is 15.4 Å². The third-order valence-electron chi connectivity index (χ3n) is 3.64. The number of anilines is 2. The lowest BCUT2D eigenvalue weighted by Gasteiger charge is -2.11. The van der Waals surface area contributed by atoms with Gasteiger partial charge in [0.25, 0.3) is 0 Å². The molecule has 0 atom stereocenters. The predicted octanol–water partition coefficient (Wildman–Crippen LogP) is 5.20. The Bertz CT molecular complexity index is 987. The summed E-state index contributed by atoms with van der Waals surface area (Å²) in [6, 6.07) is 12.5. The number of amides is 2. The number of rotatable bonds is 4. The lowest BCUT2D eigenvalue weighted by molar-refractivity contribution is -0.141. The molecule has 0 spiro atoms. The van der Waals surface area contributed by atoms with Crippen LogP contribution in [0.15, 0.2) is 54.6 Å². The summed E-state index contributed by atoms with van der Waals surface area (Å²) in [5.74, 6) is 0.269. The molecule has 28 heavy (non-hydrogen) atoms. The SMILES string of the molecule is COc1cccc(-n2nc(C(F)(F)F)cc2NC(=O)Nc2ccc(Cl)cc2)c1. The molecule has 0 bridgehead atoms. The van der Waals surface area contributed by atoms with Gasteiger partial charge in [-0.2, -0.15) is 18.3 Å². The van der Waals surface area contributed by atoms with Gasteiger partial charge in [-0.15, -0.1) is 0 Å². The second kappa shape index (κ2) is 7.81. The van der Waals surface area contributed by atoms with E-state index in [1.807, 2.05) is 0 Å². The number of hydrogen-bond acceptors (Lipinski definition) is 3. The minimum Gasteiger partial charge on any atom is -0.497 e. The molecule has 0 saturated heterocycles. The number of methoxy groups -OCH3 is 1. The lowest BCUT2D eigenvalue weighted by atomic mass is 10.3. The molecule has 6 nitrogen and oxygen atoms in total. The number of carbonyl (C=O) groups excluding carboxylic acids is 1. The van der Waals surface area contributed by atoms with E-state index in [4.69, 9.17) is 16.3 Å². The maximum atomic E-state index is 13.1. The minimum absolute atomic E-state index is 0.160. The van der Waals surface area contributed by atoms with Crippen molar-refractivity contribution in [2.24, 2.45) is 0 Å². The Kier molecular flexibility index (Phi) is 5.46. The number of halogens is 4. The molecule has 3 rings (SSSR count). The number of urea groups is 1. The zero-order valence-corrected chi connectivity index (χ0v) is 15.2. The highest BCUT2D eigenvalue weighted by molar-refractivity contribution is 6.30. The second-order valence-electron chi connectivity index (χ2n) is 5.61. The summed E-state index contributed by atoms with van der Waals surface area (Å²) in [5, 5.41) is 8.95. The maximum Gasteiger partial charge on any atom is 0.435 e. The van der Waals surface area contributed by atoms with Gasteiger partial charge in [0, 0.05) is 22.8 Å². The first-order valence-corrected chi connectivity index (χ1v) is 8.29. The van der Waals surface area contributed by atoms with E-state index in [0.29, 0.717) is 16.5 Å². The van der Waals surface area contributed by atoms with Crippen LogP contribution in [-0.2, 0) is 6.18 Å². The van der Waals surface area contributed by atoms with Gasteiger partial charge in [-0.25, -0.2) is 9.48 Å². The van der Waals surface area contributed by atoms with E-state index < -0.39 is 17.9 Å². The van der Waals surface area contributed by atoms with Crippen LogP contribution in [0.25, 0.3) is 5.69 Å². The maximum absolute atomic E-state index is 13.1. The molecule has 2 N–H and O–H groups in total. The van der Waals surface area contributed by atoms with Gasteiger partial charge < -0.3 is 10.1 Å². The van der Waals surface area contributed by atoms with Gasteiger partial charge in [0.05, 0.1) is 12.8 Å². The van der Waals surface area contributed by atoms with Gasteiger partial charge in [-0.05, 0) is 36.4 Å². The van der Waals surface area contributed by atoms with Gasteiger partial charge in [-0.3, -0.25) is 5.32 Å². The number of alkyl halides is 3. The first-order chi connectivity index (χ1) is 13.3. The van der Waals surface area contributed by atoms with Crippen molar-refractivity contribution < 1.29 is 22.7 Å². The van der Waals surface area contributed by atoms with E-state index in [2.05, 4.69) is 15.7 Å². The number of benzene rings is 2. The van der Waals surface area contributed by atoms with Gasteiger partial charge in [-0.1, -0.05) is 17.7 Å². The van der Waals surface area contributed by atoms with Crippen molar-refractivity contribution in [1.82, 2.24) is 9.78 Å². The summed E-state index contributed by atoms with van der Waals surface area (Å²) in [5.41, 5.74) is -0.431. The fourth-order valence-electron chi connectivity index (χ4n) is 2.36. The number of hydrogen-bond donors (Lipinski definition) is 2. The average Bonchev–Trinajstić information content (AvgIpc) is 3.08. The summed E-state index contributed by atoms with van der Waals surface area (Å²) in [6.45, 7) is 0. The van der Waals surface area contributed by atoms with E-state index in [0.717, 1.165) is 10.7 Å². The normalized spacial score (nSPS) is 11.2. The third kappa shape index (κ3) is 4.55. The summed E-state index contributed by atoms with van der Waals surface area (Å²) < 4.78 is 45.4. The number of nitrogens with one attached hydrogen (secondary N) is 2. The van der Waals surface area contributed by atoms with E-state index in [-0.39, 0.29) is 11.5 Å². The summed E-state index contributed by atoms with van der Waals surface area (Å²) >= 11 is 5.78. The predicted molar refractivity (Wildman–Crippen MR) is 99.2 cm³/mol. The van der Waals surface area contributed by atoms with Crippen molar-refractivity contribution in [3.05, 3.63) is 65.3 Å². The smallest absolute Gasteiger partial charge is 0.435 e. The molecule has 0 unspecified atom stereocenters. The summed E-state index contributed by atoms with van der Waals surface area (Å²) in [6.07, 6.45) is -4.67. The summed E-state index contributed by atoms with van der Waals surface area (Å²) in [4.78, 5) is 12.2. The van der Waals surface area contributed by atoms with Gasteiger partial charge >= 0.3 is 12.2 Å². The van der Waals surface area contributed by atoms with E-state index in [1.54, 1.807) is 36.4 Å². The molecule has 0 saturated carbocycles. The van der Waals surface area contributed by atoms with Crippen molar-refractivity contribution in [1.29, 1.82) is 0 Å².